The third-order valence-corrected chi connectivity index (χ3v) is 3.03. The second-order valence-electron chi connectivity index (χ2n) is 4.04. The molecule has 0 aromatic heterocycles. The molecule has 1 aromatic carbocycles. The topological polar surface area (TPSA) is 60.2 Å². The van der Waals surface area contributed by atoms with Gasteiger partial charge in [-0.2, -0.15) is 0 Å². The van der Waals surface area contributed by atoms with E-state index < -0.39 is 12.0 Å². The van der Waals surface area contributed by atoms with Crippen molar-refractivity contribution in [2.75, 3.05) is 14.2 Å². The van der Waals surface area contributed by atoms with Crippen LogP contribution in [0.3, 0.4) is 0 Å². The normalized spacial score (nSPS) is 23.8. The Morgan fingerprint density at radius 3 is 3.00 bits per heavy atom. The van der Waals surface area contributed by atoms with Crippen molar-refractivity contribution in [1.29, 1.82) is 0 Å². The number of nitrogens with zero attached hydrogens (tertiary/aromatic N) is 2. The number of aliphatic imine (C=N–C) groups is 2. The summed E-state index contributed by atoms with van der Waals surface area (Å²) in [6.45, 7) is 0. The molecule has 5 heteroatoms. The van der Waals surface area contributed by atoms with Crippen LogP contribution in [0, 0.1) is 0 Å². The molecule has 96 valence electrons. The van der Waals surface area contributed by atoms with Crippen LogP contribution in [0.2, 0.25) is 0 Å². The number of hydrogen-bond donors (Lipinski definition) is 0. The largest absolute Gasteiger partial charge is 0.497 e. The lowest BCUT2D eigenvalue weighted by molar-refractivity contribution is -0.140. The maximum absolute atomic E-state index is 11.8. The van der Waals surface area contributed by atoms with Gasteiger partial charge in [-0.05, 0) is 18.2 Å². The molecule has 2 aliphatic rings. The van der Waals surface area contributed by atoms with Gasteiger partial charge >= 0.3 is 5.97 Å². The Hall–Kier alpha value is -2.43. The van der Waals surface area contributed by atoms with Crippen molar-refractivity contribution in [3.05, 3.63) is 29.8 Å². The fourth-order valence-corrected chi connectivity index (χ4v) is 2.11. The number of fused-ring (bicyclic) bond motifs is 3. The maximum Gasteiger partial charge on any atom is 0.336 e. The molecular weight excluding hydrogens is 244 g/mol. The fourth-order valence-electron chi connectivity index (χ4n) is 2.11. The summed E-state index contributed by atoms with van der Waals surface area (Å²) in [6.07, 6.45) is 3.18. The van der Waals surface area contributed by atoms with E-state index in [1.54, 1.807) is 19.3 Å². The van der Waals surface area contributed by atoms with Crippen LogP contribution < -0.4 is 4.74 Å². The number of dihydropyridines is 1. The highest BCUT2D eigenvalue weighted by Gasteiger charge is 2.33. The number of rotatable bonds is 2. The molecule has 0 N–H and O–H groups in total. The molecule has 19 heavy (non-hydrogen) atoms. The molecule has 2 heterocycles. The van der Waals surface area contributed by atoms with Gasteiger partial charge in [0.2, 0.25) is 0 Å². The van der Waals surface area contributed by atoms with E-state index in [4.69, 9.17) is 6.11 Å². The summed E-state index contributed by atoms with van der Waals surface area (Å²) in [5.74, 6) is -0.0835. The van der Waals surface area contributed by atoms with Crippen LogP contribution in [0.4, 0.5) is 5.69 Å². The molecular formula is C14H12N2O3. The molecule has 0 spiro atoms. The van der Waals surface area contributed by atoms with Crippen molar-refractivity contribution in [3.8, 4) is 5.75 Å². The molecule has 3 rings (SSSR count). The van der Waals surface area contributed by atoms with Crippen molar-refractivity contribution in [1.82, 2.24) is 0 Å². The molecule has 0 bridgehead atoms. The van der Waals surface area contributed by atoms with Gasteiger partial charge in [0, 0.05) is 23.4 Å². The number of hydrogen-bond acceptors (Lipinski definition) is 5. The average Bonchev–Trinajstić information content (AvgIpc) is 2.85. The van der Waals surface area contributed by atoms with Gasteiger partial charge in [-0.1, -0.05) is 0 Å². The van der Waals surface area contributed by atoms with Gasteiger partial charge in [0.25, 0.3) is 0 Å². The predicted octanol–water partition coefficient (Wildman–Crippen LogP) is 1.79. The summed E-state index contributed by atoms with van der Waals surface area (Å²) in [5.41, 5.74) is 2.53. The van der Waals surface area contributed by atoms with Crippen molar-refractivity contribution in [3.63, 3.8) is 0 Å². The lowest BCUT2D eigenvalue weighted by Gasteiger charge is -2.14. The lowest BCUT2D eigenvalue weighted by atomic mass is 9.96. The van der Waals surface area contributed by atoms with Crippen LogP contribution >= 0.6 is 0 Å². The van der Waals surface area contributed by atoms with Gasteiger partial charge < -0.3 is 9.47 Å². The highest BCUT2D eigenvalue weighted by Crippen LogP contribution is 2.39. The van der Waals surface area contributed by atoms with Gasteiger partial charge in [-0.25, -0.2) is 9.79 Å². The van der Waals surface area contributed by atoms with Gasteiger partial charge in [0.15, 0.2) is 6.02 Å². The Morgan fingerprint density at radius 2 is 2.26 bits per heavy atom. The molecule has 0 aliphatic carbocycles. The smallest absolute Gasteiger partial charge is 0.336 e. The zero-order valence-electron chi connectivity index (χ0n) is 11.5. The fraction of sp³-hybridized carbons (Fsp3) is 0.214. The molecule has 2 aliphatic heterocycles. The monoisotopic (exact) mass is 257 g/mol. The van der Waals surface area contributed by atoms with E-state index in [1.165, 1.54) is 13.3 Å². The van der Waals surface area contributed by atoms with Crippen LogP contribution in [0.5, 0.6) is 5.75 Å². The van der Waals surface area contributed by atoms with Crippen LogP contribution in [0.15, 0.2) is 34.3 Å². The SMILES string of the molecule is [2H]C1(C(=O)OC)N=CC=C2C1=Nc1cc(OC)ccc12. The van der Waals surface area contributed by atoms with Gasteiger partial charge in [-0.15, -0.1) is 0 Å². The molecule has 1 atom stereocenters. The van der Waals surface area contributed by atoms with E-state index >= 15 is 0 Å². The highest BCUT2D eigenvalue weighted by atomic mass is 16.5. The highest BCUT2D eigenvalue weighted by molar-refractivity contribution is 6.38. The summed E-state index contributed by atoms with van der Waals surface area (Å²) in [6, 6.07) is 3.59. The van der Waals surface area contributed by atoms with Crippen LogP contribution in [-0.2, 0) is 9.53 Å². The average molecular weight is 257 g/mol. The first-order valence-corrected chi connectivity index (χ1v) is 5.72. The molecule has 5 nitrogen and oxygen atoms in total. The number of carbonyl (C=O) groups excluding carboxylic acids is 1. The molecule has 0 radical (unpaired) electrons. The number of allylic oxidation sites excluding steroid dienone is 1. The van der Waals surface area contributed by atoms with E-state index in [2.05, 4.69) is 14.7 Å². The lowest BCUT2D eigenvalue weighted by Crippen LogP contribution is -2.31. The molecule has 0 saturated heterocycles. The minimum Gasteiger partial charge on any atom is -0.497 e. The Labute approximate surface area is 111 Å². The van der Waals surface area contributed by atoms with E-state index in [0.717, 1.165) is 11.1 Å². The number of carbonyl (C=O) groups is 1. The first-order chi connectivity index (χ1) is 9.60. The summed E-state index contributed by atoms with van der Waals surface area (Å²) >= 11 is 0. The van der Waals surface area contributed by atoms with Gasteiger partial charge in [-0.3, -0.25) is 4.99 Å². The second-order valence-corrected chi connectivity index (χ2v) is 4.04. The number of ether oxygens (including phenoxy) is 2. The molecule has 0 saturated carbocycles. The van der Waals surface area contributed by atoms with E-state index in [-0.39, 0.29) is 5.71 Å². The summed E-state index contributed by atoms with van der Waals surface area (Å²) in [5, 5.41) is 0. The standard InChI is InChI=1S/C14H12N2O3/c1-18-8-3-4-9-10-5-6-15-13(14(17)19-2)12(10)16-11(9)7-8/h3-7,13H,1-2H3/i13D. The molecule has 1 aromatic rings. The minimum atomic E-state index is -1.84. The minimum absolute atomic E-state index is 0.287. The van der Waals surface area contributed by atoms with Crippen molar-refractivity contribution >= 4 is 29.2 Å². The van der Waals surface area contributed by atoms with E-state index in [0.29, 0.717) is 11.4 Å². The zero-order valence-corrected chi connectivity index (χ0v) is 10.5. The number of methoxy groups -OCH3 is 2. The third-order valence-electron chi connectivity index (χ3n) is 3.03. The first kappa shape index (κ1) is 10.5. The van der Waals surface area contributed by atoms with Crippen molar-refractivity contribution < 1.29 is 15.6 Å². The van der Waals surface area contributed by atoms with E-state index in [1.807, 2.05) is 12.1 Å². The zero-order chi connectivity index (χ0) is 14.3. The third kappa shape index (κ3) is 1.74. The summed E-state index contributed by atoms with van der Waals surface area (Å²) in [7, 11) is 2.81. The van der Waals surface area contributed by atoms with Crippen LogP contribution in [0.1, 0.15) is 6.93 Å². The quantitative estimate of drug-likeness (QED) is 0.759. The van der Waals surface area contributed by atoms with Crippen LogP contribution in [-0.4, -0.2) is 38.1 Å². The Kier molecular flexibility index (Phi) is 2.40. The number of benzene rings is 1. The van der Waals surface area contributed by atoms with Crippen molar-refractivity contribution in [2.45, 2.75) is 6.02 Å². The Morgan fingerprint density at radius 1 is 1.42 bits per heavy atom. The first-order valence-electron chi connectivity index (χ1n) is 6.22. The second kappa shape index (κ2) is 4.35. The number of esters is 1. The Balaban J connectivity index is 2.14. The Bertz CT molecular complexity index is 694. The van der Waals surface area contributed by atoms with E-state index in [9.17, 15) is 4.79 Å². The maximum atomic E-state index is 11.8. The summed E-state index contributed by atoms with van der Waals surface area (Å²) < 4.78 is 18.1. The van der Waals surface area contributed by atoms with Gasteiger partial charge in [0.05, 0.1) is 27.0 Å². The molecule has 1 unspecified atom stereocenters. The van der Waals surface area contributed by atoms with Gasteiger partial charge in [0.1, 0.15) is 5.75 Å². The van der Waals surface area contributed by atoms with Crippen LogP contribution in [0.25, 0.3) is 5.57 Å². The summed E-state index contributed by atoms with van der Waals surface area (Å²) in [4.78, 5) is 20.1. The van der Waals surface area contributed by atoms with Crippen molar-refractivity contribution in [2.24, 2.45) is 9.98 Å². The predicted molar refractivity (Wildman–Crippen MR) is 72.4 cm³/mol. The molecule has 0 fully saturated rings. The molecule has 0 amide bonds.